The number of pyridine rings is 1. The predicted octanol–water partition coefficient (Wildman–Crippen LogP) is 3.65. The quantitative estimate of drug-likeness (QED) is 0.824. The van der Waals surface area contributed by atoms with Crippen LogP contribution in [0.5, 0.6) is 0 Å². The molecular weight excluding hydrogens is 320 g/mol. The largest absolute Gasteiger partial charge is 0.356 e. The van der Waals surface area contributed by atoms with Gasteiger partial charge < -0.3 is 15.1 Å². The van der Waals surface area contributed by atoms with Gasteiger partial charge in [-0.3, -0.25) is 0 Å². The van der Waals surface area contributed by atoms with E-state index in [1.165, 1.54) is 48.9 Å². The first-order chi connectivity index (χ1) is 12.7. The predicted molar refractivity (Wildman–Crippen MR) is 110 cm³/mol. The van der Waals surface area contributed by atoms with Gasteiger partial charge in [0.2, 0.25) is 0 Å². The summed E-state index contributed by atoms with van der Waals surface area (Å²) in [6.07, 6.45) is 6.70. The van der Waals surface area contributed by atoms with Crippen LogP contribution in [0.15, 0.2) is 30.3 Å². The molecule has 2 fully saturated rings. The highest BCUT2D eigenvalue weighted by Gasteiger charge is 2.32. The number of para-hydroxylation sites is 1. The van der Waals surface area contributed by atoms with Gasteiger partial charge in [-0.1, -0.05) is 18.2 Å². The maximum absolute atomic E-state index is 5.05. The second-order valence-corrected chi connectivity index (χ2v) is 8.21. The van der Waals surface area contributed by atoms with Crippen molar-refractivity contribution in [2.24, 2.45) is 5.92 Å². The molecule has 1 aliphatic heterocycles. The van der Waals surface area contributed by atoms with Gasteiger partial charge >= 0.3 is 0 Å². The number of likely N-dealkylation sites (N-methyl/N-ethyl adjacent to an activating group) is 1. The van der Waals surface area contributed by atoms with Crippen molar-refractivity contribution in [1.82, 2.24) is 15.2 Å². The smallest absolute Gasteiger partial charge is 0.133 e. The van der Waals surface area contributed by atoms with E-state index in [2.05, 4.69) is 59.5 Å². The number of benzene rings is 1. The second kappa shape index (κ2) is 7.93. The molecule has 2 aromatic rings. The van der Waals surface area contributed by atoms with Gasteiger partial charge in [0.05, 0.1) is 5.52 Å². The summed E-state index contributed by atoms with van der Waals surface area (Å²) in [7, 11) is 4.42. The molecule has 2 aliphatic rings. The SMILES string of the molecule is CN(C)C(CNCc1cc2ccccc2nc1N1CCCCC1)C1CC1. The molecule has 0 spiro atoms. The van der Waals surface area contributed by atoms with Crippen molar-refractivity contribution >= 4 is 16.7 Å². The second-order valence-electron chi connectivity index (χ2n) is 8.21. The molecule has 26 heavy (non-hydrogen) atoms. The van der Waals surface area contributed by atoms with Crippen molar-refractivity contribution in [2.75, 3.05) is 38.6 Å². The first-order valence-electron chi connectivity index (χ1n) is 10.2. The molecule has 1 aliphatic carbocycles. The van der Waals surface area contributed by atoms with Crippen LogP contribution < -0.4 is 10.2 Å². The Bertz CT molecular complexity index is 730. The lowest BCUT2D eigenvalue weighted by Crippen LogP contribution is -2.39. The zero-order chi connectivity index (χ0) is 17.9. The fourth-order valence-corrected chi connectivity index (χ4v) is 4.27. The molecule has 0 bridgehead atoms. The monoisotopic (exact) mass is 352 g/mol. The third-order valence-electron chi connectivity index (χ3n) is 5.93. The van der Waals surface area contributed by atoms with Crippen LogP contribution in [0, 0.1) is 5.92 Å². The van der Waals surface area contributed by atoms with Crippen LogP contribution in [0.1, 0.15) is 37.7 Å². The number of anilines is 1. The molecule has 4 nitrogen and oxygen atoms in total. The van der Waals surface area contributed by atoms with Crippen LogP contribution in [-0.4, -0.2) is 49.7 Å². The van der Waals surface area contributed by atoms with E-state index in [-0.39, 0.29) is 0 Å². The van der Waals surface area contributed by atoms with Crippen LogP contribution in [0.25, 0.3) is 10.9 Å². The third kappa shape index (κ3) is 4.02. The van der Waals surface area contributed by atoms with Crippen molar-refractivity contribution in [3.63, 3.8) is 0 Å². The Morgan fingerprint density at radius 1 is 1.15 bits per heavy atom. The Morgan fingerprint density at radius 2 is 1.92 bits per heavy atom. The number of rotatable bonds is 7. The molecule has 1 N–H and O–H groups in total. The number of hydrogen-bond donors (Lipinski definition) is 1. The molecule has 140 valence electrons. The standard InChI is InChI=1S/C22H32N4/c1-25(2)21(17-10-11-17)16-23-15-19-14-18-8-4-5-9-20(18)24-22(19)26-12-6-3-7-13-26/h4-5,8-9,14,17,21,23H,3,6-7,10-13,15-16H2,1-2H3. The van der Waals surface area contributed by atoms with Crippen LogP contribution in [-0.2, 0) is 6.54 Å². The molecule has 2 heterocycles. The Balaban J connectivity index is 1.53. The van der Waals surface area contributed by atoms with Crippen LogP contribution >= 0.6 is 0 Å². The van der Waals surface area contributed by atoms with Gasteiger partial charge in [-0.2, -0.15) is 0 Å². The summed E-state index contributed by atoms with van der Waals surface area (Å²) in [5.41, 5.74) is 2.46. The van der Waals surface area contributed by atoms with E-state index in [4.69, 9.17) is 4.98 Å². The lowest BCUT2D eigenvalue weighted by atomic mass is 10.1. The lowest BCUT2D eigenvalue weighted by molar-refractivity contribution is 0.255. The fourth-order valence-electron chi connectivity index (χ4n) is 4.27. The highest BCUT2D eigenvalue weighted by atomic mass is 15.2. The summed E-state index contributed by atoms with van der Waals surface area (Å²) in [5.74, 6) is 2.08. The van der Waals surface area contributed by atoms with E-state index >= 15 is 0 Å². The molecule has 1 saturated carbocycles. The van der Waals surface area contributed by atoms with E-state index in [1.807, 2.05) is 0 Å². The van der Waals surface area contributed by atoms with Gasteiger partial charge in [-0.25, -0.2) is 4.98 Å². The zero-order valence-corrected chi connectivity index (χ0v) is 16.2. The molecule has 1 aromatic heterocycles. The summed E-state index contributed by atoms with van der Waals surface area (Å²) in [6.45, 7) is 4.24. The summed E-state index contributed by atoms with van der Waals surface area (Å²) in [4.78, 5) is 9.94. The first kappa shape index (κ1) is 17.7. The number of nitrogens with one attached hydrogen (secondary N) is 1. The number of hydrogen-bond acceptors (Lipinski definition) is 4. The molecule has 1 atom stereocenters. The van der Waals surface area contributed by atoms with Crippen molar-refractivity contribution in [3.8, 4) is 0 Å². The molecule has 4 rings (SSSR count). The molecule has 0 amide bonds. The van der Waals surface area contributed by atoms with E-state index < -0.39 is 0 Å². The average molecular weight is 353 g/mol. The Hall–Kier alpha value is -1.65. The topological polar surface area (TPSA) is 31.4 Å². The highest BCUT2D eigenvalue weighted by molar-refractivity contribution is 5.81. The minimum absolute atomic E-state index is 0.654. The van der Waals surface area contributed by atoms with Gasteiger partial charge in [0.1, 0.15) is 5.82 Å². The Morgan fingerprint density at radius 3 is 2.65 bits per heavy atom. The van der Waals surface area contributed by atoms with Crippen molar-refractivity contribution in [2.45, 2.75) is 44.7 Å². The molecule has 0 radical (unpaired) electrons. The normalized spacial score (nSPS) is 19.3. The summed E-state index contributed by atoms with van der Waals surface area (Å²) < 4.78 is 0. The first-order valence-corrected chi connectivity index (χ1v) is 10.2. The highest BCUT2D eigenvalue weighted by Crippen LogP contribution is 2.34. The van der Waals surface area contributed by atoms with Gasteiger partial charge in [-0.05, 0) is 64.3 Å². The maximum atomic E-state index is 5.05. The van der Waals surface area contributed by atoms with Crippen molar-refractivity contribution < 1.29 is 0 Å². The number of aromatic nitrogens is 1. The van der Waals surface area contributed by atoms with Gasteiger partial charge in [-0.15, -0.1) is 0 Å². The maximum Gasteiger partial charge on any atom is 0.133 e. The molecule has 4 heteroatoms. The minimum Gasteiger partial charge on any atom is -0.356 e. The van der Waals surface area contributed by atoms with Gasteiger partial charge in [0.25, 0.3) is 0 Å². The summed E-state index contributed by atoms with van der Waals surface area (Å²) >= 11 is 0. The Labute approximate surface area is 157 Å². The molecule has 1 unspecified atom stereocenters. The van der Waals surface area contributed by atoms with E-state index in [9.17, 15) is 0 Å². The average Bonchev–Trinajstić information content (AvgIpc) is 3.50. The van der Waals surface area contributed by atoms with E-state index in [0.717, 1.165) is 37.6 Å². The fraction of sp³-hybridized carbons (Fsp3) is 0.591. The lowest BCUT2D eigenvalue weighted by Gasteiger charge is -2.30. The minimum atomic E-state index is 0.654. The number of nitrogens with zero attached hydrogens (tertiary/aromatic N) is 3. The summed E-state index contributed by atoms with van der Waals surface area (Å²) in [5, 5.41) is 4.99. The van der Waals surface area contributed by atoms with Gasteiger partial charge in [0.15, 0.2) is 0 Å². The van der Waals surface area contributed by atoms with Crippen molar-refractivity contribution in [1.29, 1.82) is 0 Å². The number of fused-ring (bicyclic) bond motifs is 1. The number of piperidine rings is 1. The molecule has 1 saturated heterocycles. The van der Waals surface area contributed by atoms with Crippen LogP contribution in [0.2, 0.25) is 0 Å². The van der Waals surface area contributed by atoms with Gasteiger partial charge in [0, 0.05) is 43.2 Å². The third-order valence-corrected chi connectivity index (χ3v) is 5.93. The molecular formula is C22H32N4. The summed E-state index contributed by atoms with van der Waals surface area (Å²) in [6, 6.07) is 11.5. The Kier molecular flexibility index (Phi) is 5.41. The van der Waals surface area contributed by atoms with E-state index in [0.29, 0.717) is 6.04 Å². The zero-order valence-electron chi connectivity index (χ0n) is 16.2. The van der Waals surface area contributed by atoms with E-state index in [1.54, 1.807) is 0 Å². The van der Waals surface area contributed by atoms with Crippen molar-refractivity contribution in [3.05, 3.63) is 35.9 Å². The van der Waals surface area contributed by atoms with Crippen LogP contribution in [0.3, 0.4) is 0 Å². The van der Waals surface area contributed by atoms with Crippen LogP contribution in [0.4, 0.5) is 5.82 Å². The molecule has 1 aromatic carbocycles.